The highest BCUT2D eigenvalue weighted by Crippen LogP contribution is 2.43. The minimum absolute atomic E-state index is 0.193. The molecule has 0 spiro atoms. The Hall–Kier alpha value is -1.48. The first-order chi connectivity index (χ1) is 13.6. The van der Waals surface area contributed by atoms with Crippen LogP contribution in [0.1, 0.15) is 82.2 Å². The van der Waals surface area contributed by atoms with Gasteiger partial charge in [0, 0.05) is 36.6 Å². The number of likely N-dealkylation sites (tertiary alicyclic amines) is 1. The molecule has 3 aliphatic rings. The van der Waals surface area contributed by atoms with Crippen LogP contribution in [0, 0.1) is 5.92 Å². The van der Waals surface area contributed by atoms with Gasteiger partial charge in [-0.2, -0.15) is 0 Å². The second kappa shape index (κ2) is 7.40. The summed E-state index contributed by atoms with van der Waals surface area (Å²) < 4.78 is 2.40. The van der Waals surface area contributed by atoms with E-state index in [1.54, 1.807) is 0 Å². The number of nitrogens with zero attached hydrogens (tertiary/aromatic N) is 2. The van der Waals surface area contributed by atoms with E-state index in [1.807, 2.05) is 12.1 Å². The first-order valence-electron chi connectivity index (χ1n) is 11.2. The molecule has 3 fully saturated rings. The molecule has 28 heavy (non-hydrogen) atoms. The van der Waals surface area contributed by atoms with Gasteiger partial charge in [0.1, 0.15) is 0 Å². The van der Waals surface area contributed by atoms with Crippen molar-refractivity contribution in [2.75, 3.05) is 6.54 Å². The Morgan fingerprint density at radius 3 is 2.75 bits per heavy atom. The van der Waals surface area contributed by atoms with Gasteiger partial charge in [0.15, 0.2) is 0 Å². The van der Waals surface area contributed by atoms with Crippen molar-refractivity contribution in [2.24, 2.45) is 5.92 Å². The van der Waals surface area contributed by atoms with Crippen molar-refractivity contribution in [1.29, 1.82) is 0 Å². The molecular weight excluding hydrogens is 368 g/mol. The van der Waals surface area contributed by atoms with Gasteiger partial charge in [-0.05, 0) is 68.1 Å². The maximum Gasteiger partial charge on any atom is 0.223 e. The topological polar surface area (TPSA) is 25.2 Å². The Balaban J connectivity index is 1.39. The zero-order valence-corrected chi connectivity index (χ0v) is 17.6. The van der Waals surface area contributed by atoms with E-state index >= 15 is 0 Å². The summed E-state index contributed by atoms with van der Waals surface area (Å²) in [6.45, 7) is 3.16. The lowest BCUT2D eigenvalue weighted by atomic mass is 9.78. The van der Waals surface area contributed by atoms with E-state index in [-0.39, 0.29) is 5.92 Å². The van der Waals surface area contributed by atoms with E-state index in [4.69, 9.17) is 11.6 Å². The first kappa shape index (κ1) is 18.5. The summed E-state index contributed by atoms with van der Waals surface area (Å²) in [5.74, 6) is 1.29. The molecular formula is C24H31ClN2O. The Kier molecular flexibility index (Phi) is 4.90. The molecule has 1 aromatic heterocycles. The molecule has 0 N–H and O–H groups in total. The van der Waals surface area contributed by atoms with Gasteiger partial charge in [-0.1, -0.05) is 37.4 Å². The summed E-state index contributed by atoms with van der Waals surface area (Å²) in [6.07, 6.45) is 13.0. The van der Waals surface area contributed by atoms with Crippen molar-refractivity contribution in [3.63, 3.8) is 0 Å². The number of fused-ring (bicyclic) bond motifs is 2. The monoisotopic (exact) mass is 398 g/mol. The number of carbonyl (C=O) groups is 1. The highest BCUT2D eigenvalue weighted by atomic mass is 35.5. The number of carbonyl (C=O) groups excluding carboxylic acids is 1. The third-order valence-electron chi connectivity index (χ3n) is 7.35. The highest BCUT2D eigenvalue weighted by Gasteiger charge is 2.36. The lowest BCUT2D eigenvalue weighted by Crippen LogP contribution is -2.49. The summed E-state index contributed by atoms with van der Waals surface area (Å²) in [5, 5.41) is 1.97. The molecule has 3 unspecified atom stereocenters. The van der Waals surface area contributed by atoms with Crippen molar-refractivity contribution in [1.82, 2.24) is 9.47 Å². The maximum absolute atomic E-state index is 13.3. The minimum atomic E-state index is 0.193. The van der Waals surface area contributed by atoms with Gasteiger partial charge >= 0.3 is 0 Å². The van der Waals surface area contributed by atoms with Gasteiger partial charge in [0.05, 0.1) is 10.5 Å². The van der Waals surface area contributed by atoms with Gasteiger partial charge < -0.3 is 9.47 Å². The predicted molar refractivity (Wildman–Crippen MR) is 115 cm³/mol. The molecule has 1 aromatic carbocycles. The number of hydrogen-bond donors (Lipinski definition) is 0. The van der Waals surface area contributed by atoms with Crippen molar-refractivity contribution in [3.8, 4) is 0 Å². The SMILES string of the molecule is CC(CC(=O)N1CCCC2CCCCC21)c1cn(C2CC2)c2cccc(Cl)c12. The van der Waals surface area contributed by atoms with Gasteiger partial charge in [0.2, 0.25) is 5.91 Å². The molecule has 3 nitrogen and oxygen atoms in total. The quantitative estimate of drug-likeness (QED) is 0.592. The van der Waals surface area contributed by atoms with Crippen LogP contribution < -0.4 is 0 Å². The van der Waals surface area contributed by atoms with Crippen LogP contribution in [0.4, 0.5) is 0 Å². The Morgan fingerprint density at radius 1 is 1.14 bits per heavy atom. The molecule has 2 saturated carbocycles. The van der Waals surface area contributed by atoms with Crippen LogP contribution in [0.2, 0.25) is 5.02 Å². The summed E-state index contributed by atoms with van der Waals surface area (Å²) in [5.41, 5.74) is 2.48. The predicted octanol–water partition coefficient (Wildman–Crippen LogP) is 6.30. The van der Waals surface area contributed by atoms with Crippen LogP contribution in [-0.2, 0) is 4.79 Å². The van der Waals surface area contributed by atoms with E-state index < -0.39 is 0 Å². The lowest BCUT2D eigenvalue weighted by Gasteiger charge is -2.44. The number of aromatic nitrogens is 1. The molecule has 5 rings (SSSR count). The zero-order chi connectivity index (χ0) is 19.3. The molecule has 2 aliphatic carbocycles. The molecule has 2 heterocycles. The molecule has 1 saturated heterocycles. The number of halogens is 1. The van der Waals surface area contributed by atoms with Gasteiger partial charge in [-0.15, -0.1) is 0 Å². The number of amides is 1. The van der Waals surface area contributed by atoms with Crippen LogP contribution >= 0.6 is 11.6 Å². The van der Waals surface area contributed by atoms with Crippen LogP contribution in [-0.4, -0.2) is 28.0 Å². The summed E-state index contributed by atoms with van der Waals surface area (Å²) >= 11 is 6.61. The summed E-state index contributed by atoms with van der Waals surface area (Å²) in [4.78, 5) is 15.5. The second-order valence-electron chi connectivity index (χ2n) is 9.30. The number of hydrogen-bond acceptors (Lipinski definition) is 1. The summed E-state index contributed by atoms with van der Waals surface area (Å²) in [6, 6.07) is 7.31. The molecule has 1 amide bonds. The van der Waals surface area contributed by atoms with E-state index in [0.717, 1.165) is 22.9 Å². The van der Waals surface area contributed by atoms with Crippen molar-refractivity contribution in [3.05, 3.63) is 35.0 Å². The molecule has 2 aromatic rings. The molecule has 0 radical (unpaired) electrons. The largest absolute Gasteiger partial charge is 0.344 e. The van der Waals surface area contributed by atoms with E-state index in [0.29, 0.717) is 24.4 Å². The van der Waals surface area contributed by atoms with Crippen LogP contribution in [0.5, 0.6) is 0 Å². The van der Waals surface area contributed by atoms with E-state index in [1.165, 1.54) is 62.4 Å². The Labute approximate surface area is 173 Å². The first-order valence-corrected chi connectivity index (χ1v) is 11.6. The fourth-order valence-corrected chi connectivity index (χ4v) is 6.03. The number of benzene rings is 1. The van der Waals surface area contributed by atoms with Gasteiger partial charge in [-0.3, -0.25) is 4.79 Å². The number of rotatable bonds is 4. The fraction of sp³-hybridized carbons (Fsp3) is 0.625. The average molecular weight is 399 g/mol. The van der Waals surface area contributed by atoms with Crippen LogP contribution in [0.25, 0.3) is 10.9 Å². The smallest absolute Gasteiger partial charge is 0.223 e. The molecule has 150 valence electrons. The standard InChI is InChI=1S/C24H31ClN2O/c1-16(14-23(28)26-13-5-7-17-6-2-3-9-21(17)26)19-15-27(18-11-12-18)22-10-4-8-20(25)24(19)22/h4,8,10,15-18,21H,2-3,5-7,9,11-14H2,1H3. The minimum Gasteiger partial charge on any atom is -0.344 e. The summed E-state index contributed by atoms with van der Waals surface area (Å²) in [7, 11) is 0. The lowest BCUT2D eigenvalue weighted by molar-refractivity contribution is -0.137. The third kappa shape index (κ3) is 3.26. The maximum atomic E-state index is 13.3. The van der Waals surface area contributed by atoms with Crippen molar-refractivity contribution >= 4 is 28.4 Å². The normalized spacial score (nSPS) is 26.3. The van der Waals surface area contributed by atoms with Gasteiger partial charge in [0.25, 0.3) is 0 Å². The van der Waals surface area contributed by atoms with Gasteiger partial charge in [-0.25, -0.2) is 0 Å². The second-order valence-corrected chi connectivity index (χ2v) is 9.71. The van der Waals surface area contributed by atoms with Crippen LogP contribution in [0.3, 0.4) is 0 Å². The van der Waals surface area contributed by atoms with E-state index in [9.17, 15) is 4.79 Å². The fourth-order valence-electron chi connectivity index (χ4n) is 5.75. The highest BCUT2D eigenvalue weighted by molar-refractivity contribution is 6.35. The molecule has 1 aliphatic heterocycles. The van der Waals surface area contributed by atoms with Crippen LogP contribution in [0.15, 0.2) is 24.4 Å². The third-order valence-corrected chi connectivity index (χ3v) is 7.67. The Morgan fingerprint density at radius 2 is 1.93 bits per heavy atom. The van der Waals surface area contributed by atoms with Crippen molar-refractivity contribution < 1.29 is 4.79 Å². The number of piperidine rings is 1. The molecule has 3 atom stereocenters. The average Bonchev–Trinajstić information content (AvgIpc) is 3.47. The zero-order valence-electron chi connectivity index (χ0n) is 16.9. The van der Waals surface area contributed by atoms with Crippen molar-refractivity contribution in [2.45, 2.75) is 82.7 Å². The van der Waals surface area contributed by atoms with E-state index in [2.05, 4.69) is 28.7 Å². The Bertz CT molecular complexity index is 882. The molecule has 4 heteroatoms. The molecule has 0 bridgehead atoms.